The monoisotopic (exact) mass is 487 g/mol. The summed E-state index contributed by atoms with van der Waals surface area (Å²) in [6, 6.07) is 12.9. The van der Waals surface area contributed by atoms with Crippen LogP contribution in [0.4, 0.5) is 20.2 Å². The molecular formula is C25H24ClF2N3O3. The molecule has 0 aliphatic carbocycles. The normalized spacial score (nSPS) is 12.4. The Bertz CT molecular complexity index is 1230. The lowest BCUT2D eigenvalue weighted by Gasteiger charge is -2.13. The largest absolute Gasteiger partial charge is 0.397 e. The van der Waals surface area contributed by atoms with Gasteiger partial charge in [0.2, 0.25) is 0 Å². The molecule has 178 valence electrons. The maximum absolute atomic E-state index is 13.9. The van der Waals surface area contributed by atoms with E-state index in [1.54, 1.807) is 31.2 Å². The Hall–Kier alpha value is -3.46. The lowest BCUT2D eigenvalue weighted by molar-refractivity contribution is 0.0972. The van der Waals surface area contributed by atoms with Gasteiger partial charge in [-0.05, 0) is 54.4 Å². The fraction of sp³-hybridized carbons (Fsp3) is 0.160. The van der Waals surface area contributed by atoms with E-state index in [1.807, 2.05) is 0 Å². The first-order chi connectivity index (χ1) is 16.2. The number of halogens is 3. The smallest absolute Gasteiger partial charge is 0.194 e. The van der Waals surface area contributed by atoms with Crippen LogP contribution in [0.3, 0.4) is 0 Å². The Morgan fingerprint density at radius 2 is 1.88 bits per heavy atom. The van der Waals surface area contributed by atoms with Crippen LogP contribution in [0, 0.1) is 18.6 Å². The van der Waals surface area contributed by atoms with Crippen LogP contribution in [0.15, 0.2) is 60.8 Å². The first kappa shape index (κ1) is 25.2. The van der Waals surface area contributed by atoms with E-state index in [-0.39, 0.29) is 35.2 Å². The minimum atomic E-state index is -0.918. The molecule has 34 heavy (non-hydrogen) atoms. The minimum absolute atomic E-state index is 0.0717. The molecular weight excluding hydrogens is 464 g/mol. The molecule has 0 aliphatic heterocycles. The van der Waals surface area contributed by atoms with Crippen LogP contribution in [0.2, 0.25) is 5.02 Å². The summed E-state index contributed by atoms with van der Waals surface area (Å²) in [5, 5.41) is 24.0. The number of anilines is 2. The Labute approximate surface area is 200 Å². The summed E-state index contributed by atoms with van der Waals surface area (Å²) in [4.78, 5) is 13.2. The number of rotatable bonds is 9. The number of aliphatic hydroxyl groups is 2. The van der Waals surface area contributed by atoms with Gasteiger partial charge < -0.3 is 26.6 Å². The highest BCUT2D eigenvalue weighted by Gasteiger charge is 2.17. The molecule has 0 radical (unpaired) electrons. The van der Waals surface area contributed by atoms with Gasteiger partial charge in [0.1, 0.15) is 11.6 Å². The van der Waals surface area contributed by atoms with E-state index in [0.29, 0.717) is 22.5 Å². The number of ketones is 1. The van der Waals surface area contributed by atoms with E-state index in [1.165, 1.54) is 24.4 Å². The molecule has 0 fully saturated rings. The summed E-state index contributed by atoms with van der Waals surface area (Å²) >= 11 is 6.37. The number of nitrogens with one attached hydrogen (secondary N) is 2. The van der Waals surface area contributed by atoms with Crippen LogP contribution in [-0.2, 0) is 0 Å². The fourth-order valence-electron chi connectivity index (χ4n) is 3.17. The zero-order valence-corrected chi connectivity index (χ0v) is 19.0. The average molecular weight is 488 g/mol. The Kier molecular flexibility index (Phi) is 8.22. The Balaban J connectivity index is 1.82. The van der Waals surface area contributed by atoms with Crippen molar-refractivity contribution < 1.29 is 23.8 Å². The van der Waals surface area contributed by atoms with E-state index in [0.717, 1.165) is 17.7 Å². The summed E-state index contributed by atoms with van der Waals surface area (Å²) in [7, 11) is 0. The van der Waals surface area contributed by atoms with Crippen LogP contribution in [0.25, 0.3) is 5.70 Å². The number of aryl methyl sites for hydroxylation is 1. The number of aliphatic hydroxyl groups excluding tert-OH is 2. The molecule has 0 spiro atoms. The summed E-state index contributed by atoms with van der Waals surface area (Å²) < 4.78 is 27.0. The molecule has 6 N–H and O–H groups in total. The van der Waals surface area contributed by atoms with Gasteiger partial charge in [0.15, 0.2) is 5.78 Å². The third-order valence-corrected chi connectivity index (χ3v) is 5.37. The summed E-state index contributed by atoms with van der Waals surface area (Å²) in [5.74, 6) is -1.76. The number of benzene rings is 3. The van der Waals surface area contributed by atoms with Gasteiger partial charge in [-0.1, -0.05) is 23.7 Å². The molecule has 3 rings (SSSR count). The number of hydrogen-bond acceptors (Lipinski definition) is 6. The van der Waals surface area contributed by atoms with Crippen LogP contribution in [0.5, 0.6) is 0 Å². The van der Waals surface area contributed by atoms with E-state index in [2.05, 4.69) is 10.6 Å². The van der Waals surface area contributed by atoms with Crippen LogP contribution >= 0.6 is 11.6 Å². The molecule has 0 saturated heterocycles. The van der Waals surface area contributed by atoms with Crippen molar-refractivity contribution in [2.24, 2.45) is 5.73 Å². The Morgan fingerprint density at radius 1 is 1.12 bits per heavy atom. The van der Waals surface area contributed by atoms with Crippen molar-refractivity contribution in [2.75, 3.05) is 18.5 Å². The van der Waals surface area contributed by atoms with Crippen molar-refractivity contribution >= 4 is 34.5 Å². The number of nitrogens with two attached hydrogens (primary N) is 1. The zero-order chi connectivity index (χ0) is 24.8. The van der Waals surface area contributed by atoms with E-state index >= 15 is 0 Å². The van der Waals surface area contributed by atoms with Gasteiger partial charge in [0, 0.05) is 35.6 Å². The molecule has 6 nitrogen and oxygen atoms in total. The summed E-state index contributed by atoms with van der Waals surface area (Å²) in [6.45, 7) is 1.53. The minimum Gasteiger partial charge on any atom is -0.397 e. The zero-order valence-electron chi connectivity index (χ0n) is 18.3. The standard InChI is InChI=1S/C25H24ClF2N3O3/c1-14-2-3-15(23(29)12-30-11-18(33)13-32)8-20(14)25(34)19-6-5-17(10-21(19)26)31-24-7-4-16(27)9-22(24)28/h2-10,12,18,30-33H,11,13,29H2,1H3/b23-12-. The first-order valence-corrected chi connectivity index (χ1v) is 10.7. The maximum Gasteiger partial charge on any atom is 0.194 e. The summed E-state index contributed by atoms with van der Waals surface area (Å²) in [6.07, 6.45) is 0.568. The molecule has 0 amide bonds. The Morgan fingerprint density at radius 3 is 2.56 bits per heavy atom. The van der Waals surface area contributed by atoms with Crippen LogP contribution in [0.1, 0.15) is 27.0 Å². The quantitative estimate of drug-likeness (QED) is 0.291. The van der Waals surface area contributed by atoms with E-state index in [9.17, 15) is 18.7 Å². The molecule has 0 heterocycles. The van der Waals surface area contributed by atoms with Gasteiger partial charge in [-0.25, -0.2) is 8.78 Å². The lowest BCUT2D eigenvalue weighted by Crippen LogP contribution is -2.26. The van der Waals surface area contributed by atoms with Crippen molar-refractivity contribution in [1.82, 2.24) is 5.32 Å². The van der Waals surface area contributed by atoms with Crippen molar-refractivity contribution in [3.63, 3.8) is 0 Å². The molecule has 1 atom stereocenters. The van der Waals surface area contributed by atoms with Gasteiger partial charge in [0.25, 0.3) is 0 Å². The third kappa shape index (κ3) is 6.11. The molecule has 0 aliphatic rings. The lowest BCUT2D eigenvalue weighted by atomic mass is 9.96. The van der Waals surface area contributed by atoms with Crippen molar-refractivity contribution in [1.29, 1.82) is 0 Å². The second-order valence-corrected chi connectivity index (χ2v) is 8.05. The number of carbonyl (C=O) groups excluding carboxylic acids is 1. The molecule has 0 saturated carbocycles. The molecule has 9 heteroatoms. The molecule has 3 aromatic rings. The predicted molar refractivity (Wildman–Crippen MR) is 129 cm³/mol. The second-order valence-electron chi connectivity index (χ2n) is 7.65. The van der Waals surface area contributed by atoms with Crippen molar-refractivity contribution in [3.8, 4) is 0 Å². The SMILES string of the molecule is Cc1ccc(/C(N)=C/NCC(O)CO)cc1C(=O)c1ccc(Nc2ccc(F)cc2F)cc1Cl. The topological polar surface area (TPSA) is 108 Å². The molecule has 0 aromatic heterocycles. The average Bonchev–Trinajstić information content (AvgIpc) is 2.80. The van der Waals surface area contributed by atoms with E-state index in [4.69, 9.17) is 22.4 Å². The molecule has 1 unspecified atom stereocenters. The highest BCUT2D eigenvalue weighted by Crippen LogP contribution is 2.28. The molecule has 0 bridgehead atoms. The van der Waals surface area contributed by atoms with Crippen molar-refractivity contribution in [2.45, 2.75) is 13.0 Å². The number of hydrogen-bond donors (Lipinski definition) is 5. The van der Waals surface area contributed by atoms with Gasteiger partial charge in [0.05, 0.1) is 29.1 Å². The highest BCUT2D eigenvalue weighted by atomic mass is 35.5. The fourth-order valence-corrected chi connectivity index (χ4v) is 3.43. The van der Waals surface area contributed by atoms with Crippen LogP contribution in [-0.4, -0.2) is 35.3 Å². The van der Waals surface area contributed by atoms with Crippen molar-refractivity contribution in [3.05, 3.63) is 99.7 Å². The predicted octanol–water partition coefficient (Wildman–Crippen LogP) is 4.10. The van der Waals surface area contributed by atoms with Gasteiger partial charge in [-0.15, -0.1) is 0 Å². The summed E-state index contributed by atoms with van der Waals surface area (Å²) in [5.41, 5.74) is 8.87. The van der Waals surface area contributed by atoms with E-state index < -0.39 is 17.7 Å². The molecule has 3 aromatic carbocycles. The van der Waals surface area contributed by atoms with Gasteiger partial charge in [-0.3, -0.25) is 4.79 Å². The highest BCUT2D eigenvalue weighted by molar-refractivity contribution is 6.35. The van der Waals surface area contributed by atoms with Gasteiger partial charge >= 0.3 is 0 Å². The third-order valence-electron chi connectivity index (χ3n) is 5.06. The number of carbonyl (C=O) groups is 1. The maximum atomic E-state index is 13.9. The second kappa shape index (κ2) is 11.1. The van der Waals surface area contributed by atoms with Gasteiger partial charge in [-0.2, -0.15) is 0 Å². The first-order valence-electron chi connectivity index (χ1n) is 10.3. The van der Waals surface area contributed by atoms with Crippen LogP contribution < -0.4 is 16.4 Å².